The van der Waals surface area contributed by atoms with Gasteiger partial charge in [-0.15, -0.1) is 0 Å². The lowest BCUT2D eigenvalue weighted by molar-refractivity contribution is 0.627. The van der Waals surface area contributed by atoms with Crippen LogP contribution in [-0.2, 0) is 13.0 Å². The molecular weight excluding hydrogens is 407 g/mol. The topological polar surface area (TPSA) is 34.9 Å². The summed E-state index contributed by atoms with van der Waals surface area (Å²) in [5.74, 6) is 0.235. The average Bonchev–Trinajstić information content (AvgIpc) is 2.69. The van der Waals surface area contributed by atoms with E-state index in [9.17, 15) is 9.18 Å². The molecule has 0 aliphatic rings. The van der Waals surface area contributed by atoms with Gasteiger partial charge in [0, 0.05) is 16.6 Å². The highest BCUT2D eigenvalue weighted by molar-refractivity contribution is 9.10. The number of halogens is 2. The lowest BCUT2D eigenvalue weighted by Crippen LogP contribution is -2.24. The van der Waals surface area contributed by atoms with Gasteiger partial charge >= 0.3 is 0 Å². The zero-order valence-electron chi connectivity index (χ0n) is 14.4. The maximum absolute atomic E-state index is 13.3. The summed E-state index contributed by atoms with van der Waals surface area (Å²) in [7, 11) is 0. The largest absolute Gasteiger partial charge is 0.292 e. The first-order chi connectivity index (χ1) is 13.1. The van der Waals surface area contributed by atoms with E-state index in [4.69, 9.17) is 4.98 Å². The van der Waals surface area contributed by atoms with E-state index in [0.29, 0.717) is 29.7 Å². The van der Waals surface area contributed by atoms with Gasteiger partial charge in [-0.1, -0.05) is 40.2 Å². The van der Waals surface area contributed by atoms with E-state index in [1.165, 1.54) is 12.1 Å². The molecule has 27 heavy (non-hydrogen) atoms. The summed E-state index contributed by atoms with van der Waals surface area (Å²) < 4.78 is 16.0. The fourth-order valence-electron chi connectivity index (χ4n) is 3.09. The molecule has 1 aromatic heterocycles. The third kappa shape index (κ3) is 3.69. The summed E-state index contributed by atoms with van der Waals surface area (Å²) in [6, 6.07) is 21.4. The molecule has 3 nitrogen and oxygen atoms in total. The third-order valence-corrected chi connectivity index (χ3v) is 5.03. The predicted molar refractivity (Wildman–Crippen MR) is 109 cm³/mol. The second kappa shape index (κ2) is 7.45. The molecule has 0 saturated heterocycles. The van der Waals surface area contributed by atoms with E-state index in [1.54, 1.807) is 22.8 Å². The summed E-state index contributed by atoms with van der Waals surface area (Å²) in [4.78, 5) is 17.8. The molecule has 0 fully saturated rings. The fraction of sp³-hybridized carbons (Fsp3) is 0.0909. The highest BCUT2D eigenvalue weighted by Gasteiger charge is 2.13. The zero-order chi connectivity index (χ0) is 18.8. The highest BCUT2D eigenvalue weighted by Crippen LogP contribution is 2.20. The molecule has 1 heterocycles. The van der Waals surface area contributed by atoms with Crippen molar-refractivity contribution in [3.05, 3.63) is 99.0 Å². The van der Waals surface area contributed by atoms with Crippen molar-refractivity contribution in [2.24, 2.45) is 0 Å². The van der Waals surface area contributed by atoms with Crippen molar-refractivity contribution in [2.75, 3.05) is 0 Å². The Morgan fingerprint density at radius 1 is 0.926 bits per heavy atom. The number of hydrogen-bond acceptors (Lipinski definition) is 2. The summed E-state index contributed by atoms with van der Waals surface area (Å²) >= 11 is 3.43. The van der Waals surface area contributed by atoms with Crippen molar-refractivity contribution in [1.29, 1.82) is 0 Å². The fourth-order valence-corrected chi connectivity index (χ4v) is 3.35. The van der Waals surface area contributed by atoms with Crippen LogP contribution < -0.4 is 5.56 Å². The van der Waals surface area contributed by atoms with Gasteiger partial charge in [-0.3, -0.25) is 9.36 Å². The Balaban J connectivity index is 1.82. The molecule has 0 aliphatic heterocycles. The molecule has 0 bridgehead atoms. The van der Waals surface area contributed by atoms with Crippen molar-refractivity contribution in [1.82, 2.24) is 9.55 Å². The van der Waals surface area contributed by atoms with Crippen molar-refractivity contribution >= 4 is 26.8 Å². The van der Waals surface area contributed by atoms with Crippen molar-refractivity contribution < 1.29 is 4.39 Å². The van der Waals surface area contributed by atoms with Gasteiger partial charge in [0.2, 0.25) is 0 Å². The minimum absolute atomic E-state index is 0.0861. The molecule has 0 saturated carbocycles. The van der Waals surface area contributed by atoms with Crippen LogP contribution in [0.1, 0.15) is 5.56 Å². The molecule has 3 aromatic carbocycles. The predicted octanol–water partition coefficient (Wildman–Crippen LogP) is 5.21. The van der Waals surface area contributed by atoms with E-state index in [2.05, 4.69) is 15.9 Å². The molecule has 0 N–H and O–H groups in total. The van der Waals surface area contributed by atoms with Gasteiger partial charge in [0.25, 0.3) is 5.56 Å². The second-order valence-corrected chi connectivity index (χ2v) is 7.21. The van der Waals surface area contributed by atoms with Gasteiger partial charge in [-0.05, 0) is 60.5 Å². The van der Waals surface area contributed by atoms with E-state index >= 15 is 0 Å². The van der Waals surface area contributed by atoms with Crippen LogP contribution in [0.5, 0.6) is 0 Å². The van der Waals surface area contributed by atoms with Crippen LogP contribution in [0, 0.1) is 5.82 Å². The number of nitrogens with zero attached hydrogens (tertiary/aromatic N) is 2. The number of rotatable bonds is 4. The Morgan fingerprint density at radius 2 is 1.63 bits per heavy atom. The Morgan fingerprint density at radius 3 is 2.37 bits per heavy atom. The standard InChI is InChI=1S/C22H16BrFN2O/c23-17-9-5-15(6-10-17)13-14-26-21(16-7-11-18(24)12-8-16)25-20-4-2-1-3-19(20)22(26)27/h1-12H,13-14H2. The van der Waals surface area contributed by atoms with Crippen molar-refractivity contribution in [3.8, 4) is 11.4 Å². The Kier molecular flexibility index (Phi) is 4.86. The third-order valence-electron chi connectivity index (χ3n) is 4.50. The number of hydrogen-bond donors (Lipinski definition) is 0. The van der Waals surface area contributed by atoms with Gasteiger partial charge < -0.3 is 0 Å². The first-order valence-electron chi connectivity index (χ1n) is 8.62. The average molecular weight is 423 g/mol. The lowest BCUT2D eigenvalue weighted by atomic mass is 10.1. The number of aromatic nitrogens is 2. The molecule has 0 unspecified atom stereocenters. The zero-order valence-corrected chi connectivity index (χ0v) is 16.0. The summed E-state index contributed by atoms with van der Waals surface area (Å²) in [5, 5.41) is 0.583. The van der Waals surface area contributed by atoms with E-state index in [0.717, 1.165) is 15.6 Å². The quantitative estimate of drug-likeness (QED) is 0.452. The molecular formula is C22H16BrFN2O. The van der Waals surface area contributed by atoms with Crippen LogP contribution in [-0.4, -0.2) is 9.55 Å². The number of fused-ring (bicyclic) bond motifs is 1. The lowest BCUT2D eigenvalue weighted by Gasteiger charge is -2.14. The molecule has 5 heteroatoms. The van der Waals surface area contributed by atoms with Crippen LogP contribution in [0.25, 0.3) is 22.3 Å². The van der Waals surface area contributed by atoms with Crippen molar-refractivity contribution in [3.63, 3.8) is 0 Å². The first kappa shape index (κ1) is 17.6. The molecule has 0 aliphatic carbocycles. The number of aryl methyl sites for hydroxylation is 1. The molecule has 4 rings (SSSR count). The SMILES string of the molecule is O=c1c2ccccc2nc(-c2ccc(F)cc2)n1CCc1ccc(Br)cc1. The van der Waals surface area contributed by atoms with E-state index in [1.807, 2.05) is 42.5 Å². The molecule has 134 valence electrons. The smallest absolute Gasteiger partial charge is 0.261 e. The monoisotopic (exact) mass is 422 g/mol. The molecule has 0 radical (unpaired) electrons. The van der Waals surface area contributed by atoms with Crippen LogP contribution in [0.3, 0.4) is 0 Å². The summed E-state index contributed by atoms with van der Waals surface area (Å²) in [5.41, 5.74) is 2.40. The van der Waals surface area contributed by atoms with Gasteiger partial charge in [-0.2, -0.15) is 0 Å². The van der Waals surface area contributed by atoms with Crippen LogP contribution in [0.4, 0.5) is 4.39 Å². The van der Waals surface area contributed by atoms with Gasteiger partial charge in [0.1, 0.15) is 11.6 Å². The molecule has 0 amide bonds. The second-order valence-electron chi connectivity index (χ2n) is 6.29. The molecule has 4 aromatic rings. The maximum atomic E-state index is 13.3. The molecule has 0 atom stereocenters. The first-order valence-corrected chi connectivity index (χ1v) is 9.41. The van der Waals surface area contributed by atoms with Gasteiger partial charge in [-0.25, -0.2) is 9.37 Å². The summed E-state index contributed by atoms with van der Waals surface area (Å²) in [6.07, 6.45) is 0.696. The molecule has 0 spiro atoms. The Labute approximate surface area is 164 Å². The van der Waals surface area contributed by atoms with E-state index < -0.39 is 0 Å². The van der Waals surface area contributed by atoms with Crippen LogP contribution >= 0.6 is 15.9 Å². The highest BCUT2D eigenvalue weighted by atomic mass is 79.9. The van der Waals surface area contributed by atoms with Gasteiger partial charge in [0.05, 0.1) is 10.9 Å². The van der Waals surface area contributed by atoms with Crippen LogP contribution in [0.15, 0.2) is 82.1 Å². The number of para-hydroxylation sites is 1. The minimum Gasteiger partial charge on any atom is -0.292 e. The Bertz CT molecular complexity index is 1150. The van der Waals surface area contributed by atoms with Crippen molar-refractivity contribution in [2.45, 2.75) is 13.0 Å². The maximum Gasteiger partial charge on any atom is 0.261 e. The number of benzene rings is 3. The minimum atomic E-state index is -0.316. The Hall–Kier alpha value is -2.79. The normalized spacial score (nSPS) is 11.0. The van der Waals surface area contributed by atoms with Gasteiger partial charge in [0.15, 0.2) is 0 Å². The summed E-state index contributed by atoms with van der Waals surface area (Å²) in [6.45, 7) is 0.491. The van der Waals surface area contributed by atoms with Crippen LogP contribution in [0.2, 0.25) is 0 Å². The van der Waals surface area contributed by atoms with E-state index in [-0.39, 0.29) is 11.4 Å².